The third-order valence-electron chi connectivity index (χ3n) is 5.57. The number of hydrogen-bond acceptors (Lipinski definition) is 4. The number of carbonyl (C=O) groups excluding carboxylic acids is 1. The number of nitrogens with zero attached hydrogens (tertiary/aromatic N) is 2. The van der Waals surface area contributed by atoms with E-state index in [1.807, 2.05) is 29.2 Å². The van der Waals surface area contributed by atoms with Crippen LogP contribution in [0.4, 0.5) is 11.4 Å². The normalized spacial score (nSPS) is 22.6. The Hall–Kier alpha value is -2.86. The third kappa shape index (κ3) is 2.44. The van der Waals surface area contributed by atoms with Crippen LogP contribution in [0.15, 0.2) is 48.5 Å². The van der Waals surface area contributed by atoms with Crippen LogP contribution in [0.3, 0.4) is 0 Å². The third-order valence-corrected chi connectivity index (χ3v) is 5.92. The molecule has 0 aliphatic carbocycles. The monoisotopic (exact) mass is 383 g/mol. The molecule has 4 rings (SSSR count). The molecule has 27 heavy (non-hydrogen) atoms. The molecule has 0 unspecified atom stereocenters. The summed E-state index contributed by atoms with van der Waals surface area (Å²) in [5.74, 6) is -0.0626. The van der Waals surface area contributed by atoms with Gasteiger partial charge in [0.25, 0.3) is 5.69 Å². The lowest BCUT2D eigenvalue weighted by atomic mass is 9.75. The minimum absolute atomic E-state index is 0.0298. The van der Waals surface area contributed by atoms with Crippen LogP contribution < -0.4 is 10.2 Å². The molecule has 0 bridgehead atoms. The predicted molar refractivity (Wildman–Crippen MR) is 105 cm³/mol. The zero-order valence-electron chi connectivity index (χ0n) is 14.9. The van der Waals surface area contributed by atoms with Crippen molar-refractivity contribution in [1.82, 2.24) is 5.32 Å². The van der Waals surface area contributed by atoms with Gasteiger partial charge in [0.2, 0.25) is 5.91 Å². The van der Waals surface area contributed by atoms with Crippen molar-refractivity contribution < 1.29 is 9.72 Å². The lowest BCUT2D eigenvalue weighted by molar-refractivity contribution is -0.384. The van der Waals surface area contributed by atoms with E-state index in [0.29, 0.717) is 10.6 Å². The lowest BCUT2D eigenvalue weighted by Crippen LogP contribution is -2.58. The molecule has 7 heteroatoms. The highest BCUT2D eigenvalue weighted by Crippen LogP contribution is 2.52. The highest BCUT2D eigenvalue weighted by atomic mass is 35.5. The summed E-state index contributed by atoms with van der Waals surface area (Å²) in [5.41, 5.74) is 1.49. The van der Waals surface area contributed by atoms with Crippen molar-refractivity contribution in [1.29, 1.82) is 0 Å². The van der Waals surface area contributed by atoms with Gasteiger partial charge < -0.3 is 10.2 Å². The molecular formula is C20H18ClN3O3. The van der Waals surface area contributed by atoms with Gasteiger partial charge in [-0.1, -0.05) is 49.7 Å². The van der Waals surface area contributed by atoms with Crippen LogP contribution in [0, 0.1) is 10.1 Å². The Labute approximate surface area is 161 Å². The number of benzene rings is 2. The highest BCUT2D eigenvalue weighted by Gasteiger charge is 2.59. The molecular weight excluding hydrogens is 366 g/mol. The van der Waals surface area contributed by atoms with Crippen molar-refractivity contribution in [2.75, 3.05) is 11.4 Å². The second kappa shape index (κ2) is 5.82. The fourth-order valence-electron chi connectivity index (χ4n) is 4.12. The van der Waals surface area contributed by atoms with Crippen molar-refractivity contribution in [2.45, 2.75) is 24.9 Å². The minimum Gasteiger partial charge on any atom is -0.335 e. The SMILES string of the molecule is CC1(C)c2ccccc2N2CC(=O)N[C@@]21/C=C/c1cc([N+](=O)[O-])ccc1Cl. The summed E-state index contributed by atoms with van der Waals surface area (Å²) < 4.78 is 0. The number of halogens is 1. The Morgan fingerprint density at radius 3 is 2.74 bits per heavy atom. The van der Waals surface area contributed by atoms with E-state index in [2.05, 4.69) is 25.2 Å². The smallest absolute Gasteiger partial charge is 0.270 e. The number of amides is 1. The minimum atomic E-state index is -0.762. The van der Waals surface area contributed by atoms with Gasteiger partial charge in [0.05, 0.1) is 11.5 Å². The molecule has 2 aliphatic rings. The first-order valence-electron chi connectivity index (χ1n) is 8.57. The lowest BCUT2D eigenvalue weighted by Gasteiger charge is -2.40. The number of para-hydroxylation sites is 1. The van der Waals surface area contributed by atoms with Gasteiger partial charge in [-0.3, -0.25) is 14.9 Å². The van der Waals surface area contributed by atoms with Gasteiger partial charge in [-0.25, -0.2) is 0 Å². The molecule has 1 amide bonds. The second-order valence-electron chi connectivity index (χ2n) is 7.34. The number of anilines is 1. The van der Waals surface area contributed by atoms with Crippen LogP contribution in [0.25, 0.3) is 6.08 Å². The number of nitrogens with one attached hydrogen (secondary N) is 1. The van der Waals surface area contributed by atoms with Crippen LogP contribution in [0.5, 0.6) is 0 Å². The van der Waals surface area contributed by atoms with E-state index < -0.39 is 16.0 Å². The van der Waals surface area contributed by atoms with E-state index >= 15 is 0 Å². The Bertz CT molecular complexity index is 1000. The summed E-state index contributed by atoms with van der Waals surface area (Å²) in [6, 6.07) is 12.3. The highest BCUT2D eigenvalue weighted by molar-refractivity contribution is 6.32. The number of hydrogen-bond donors (Lipinski definition) is 1. The molecule has 1 N–H and O–H groups in total. The molecule has 1 atom stereocenters. The summed E-state index contributed by atoms with van der Waals surface area (Å²) in [6.45, 7) is 4.42. The van der Waals surface area contributed by atoms with E-state index in [4.69, 9.17) is 11.6 Å². The Morgan fingerprint density at radius 2 is 2.00 bits per heavy atom. The molecule has 0 radical (unpaired) electrons. The summed E-state index contributed by atoms with van der Waals surface area (Å²) in [7, 11) is 0. The first-order valence-corrected chi connectivity index (χ1v) is 8.95. The quantitative estimate of drug-likeness (QED) is 0.644. The fraction of sp³-hybridized carbons (Fsp3) is 0.250. The summed E-state index contributed by atoms with van der Waals surface area (Å²) in [6.07, 6.45) is 3.64. The zero-order valence-corrected chi connectivity index (χ0v) is 15.7. The topological polar surface area (TPSA) is 75.5 Å². The van der Waals surface area contributed by atoms with Crippen molar-refractivity contribution in [3.63, 3.8) is 0 Å². The van der Waals surface area contributed by atoms with Crippen LogP contribution in [0.2, 0.25) is 5.02 Å². The largest absolute Gasteiger partial charge is 0.335 e. The van der Waals surface area contributed by atoms with Gasteiger partial charge in [-0.05, 0) is 29.3 Å². The molecule has 1 fully saturated rings. The molecule has 1 saturated heterocycles. The molecule has 0 spiro atoms. The van der Waals surface area contributed by atoms with Crippen LogP contribution in [-0.2, 0) is 10.2 Å². The number of non-ortho nitro benzene ring substituents is 1. The number of fused-ring (bicyclic) bond motifs is 3. The molecule has 6 nitrogen and oxygen atoms in total. The van der Waals surface area contributed by atoms with E-state index in [1.54, 1.807) is 6.08 Å². The van der Waals surface area contributed by atoms with E-state index in [0.717, 1.165) is 11.3 Å². The van der Waals surface area contributed by atoms with E-state index in [-0.39, 0.29) is 18.1 Å². The van der Waals surface area contributed by atoms with Gasteiger partial charge >= 0.3 is 0 Å². The maximum absolute atomic E-state index is 12.3. The second-order valence-corrected chi connectivity index (χ2v) is 7.75. The first-order chi connectivity index (χ1) is 12.8. The summed E-state index contributed by atoms with van der Waals surface area (Å²) >= 11 is 6.24. The number of nitro groups is 1. The standard InChI is InChI=1S/C20H18ClN3O3/c1-19(2)15-5-3-4-6-17(15)23-12-18(25)22-20(19,23)10-9-13-11-14(24(26)27)7-8-16(13)21/h3-11H,12H2,1-2H3,(H,22,25)/b10-9+/t20-/m0/s1. The predicted octanol–water partition coefficient (Wildman–Crippen LogP) is 3.89. The van der Waals surface area contributed by atoms with E-state index in [9.17, 15) is 14.9 Å². The van der Waals surface area contributed by atoms with Gasteiger partial charge in [0, 0.05) is 28.3 Å². The van der Waals surface area contributed by atoms with Gasteiger partial charge in [0.1, 0.15) is 5.66 Å². The fourth-order valence-corrected chi connectivity index (χ4v) is 4.30. The number of carbonyl (C=O) groups is 1. The zero-order chi connectivity index (χ0) is 19.4. The van der Waals surface area contributed by atoms with E-state index in [1.165, 1.54) is 18.2 Å². The molecule has 0 saturated carbocycles. The van der Waals surface area contributed by atoms with Crippen LogP contribution >= 0.6 is 11.6 Å². The van der Waals surface area contributed by atoms with Crippen LogP contribution in [-0.4, -0.2) is 23.0 Å². The maximum Gasteiger partial charge on any atom is 0.270 e. The van der Waals surface area contributed by atoms with Crippen molar-refractivity contribution in [2.24, 2.45) is 0 Å². The van der Waals surface area contributed by atoms with Crippen LogP contribution in [0.1, 0.15) is 25.0 Å². The van der Waals surface area contributed by atoms with Crippen molar-refractivity contribution in [3.05, 3.63) is 74.8 Å². The number of rotatable bonds is 3. The molecule has 2 aliphatic heterocycles. The Kier molecular flexibility index (Phi) is 3.78. The average Bonchev–Trinajstić information content (AvgIpc) is 3.06. The molecule has 2 aromatic carbocycles. The van der Waals surface area contributed by atoms with Gasteiger partial charge in [-0.15, -0.1) is 0 Å². The Morgan fingerprint density at radius 1 is 1.26 bits per heavy atom. The van der Waals surface area contributed by atoms with Gasteiger partial charge in [0.15, 0.2) is 0 Å². The summed E-state index contributed by atoms with van der Waals surface area (Å²) in [4.78, 5) is 24.9. The Balaban J connectivity index is 1.83. The number of nitro benzene ring substituents is 1. The van der Waals surface area contributed by atoms with Gasteiger partial charge in [-0.2, -0.15) is 0 Å². The van der Waals surface area contributed by atoms with Crippen molar-refractivity contribution in [3.8, 4) is 0 Å². The average molecular weight is 384 g/mol. The molecule has 2 heterocycles. The molecule has 0 aromatic heterocycles. The maximum atomic E-state index is 12.3. The summed E-state index contributed by atoms with van der Waals surface area (Å²) in [5, 5.41) is 14.6. The first kappa shape index (κ1) is 17.5. The van der Waals surface area contributed by atoms with Crippen molar-refractivity contribution >= 4 is 35.0 Å². The molecule has 2 aromatic rings. The molecule has 138 valence electrons.